The van der Waals surface area contributed by atoms with E-state index in [2.05, 4.69) is 17.0 Å². The summed E-state index contributed by atoms with van der Waals surface area (Å²) in [7, 11) is 0. The normalized spacial score (nSPS) is 16.3. The topological polar surface area (TPSA) is 38.8 Å². The Balaban J connectivity index is 1.43. The Bertz CT molecular complexity index is 768. The molecular weight excluding hydrogens is 338 g/mol. The minimum Gasteiger partial charge on any atom is -0.454 e. The lowest BCUT2D eigenvalue weighted by molar-refractivity contribution is -0.135. The second kappa shape index (κ2) is 8.47. The number of carbonyl (C=O) groups excluding carboxylic acids is 1. The number of nitrogens with zero attached hydrogens (tertiary/aromatic N) is 1. The van der Waals surface area contributed by atoms with Crippen LogP contribution in [0.4, 0.5) is 0 Å². The molecule has 1 heterocycles. The summed E-state index contributed by atoms with van der Waals surface area (Å²) < 4.78 is 10.8. The van der Waals surface area contributed by atoms with E-state index >= 15 is 0 Å². The number of hydrogen-bond donors (Lipinski definition) is 0. The molecule has 2 aromatic carbocycles. The highest BCUT2D eigenvalue weighted by Crippen LogP contribution is 2.33. The van der Waals surface area contributed by atoms with Crippen LogP contribution >= 0.6 is 0 Å². The Labute approximate surface area is 161 Å². The number of amides is 1. The maximum atomic E-state index is 13.1. The summed E-state index contributed by atoms with van der Waals surface area (Å²) in [5.74, 6) is 1.83. The molecule has 2 aliphatic rings. The number of carbonyl (C=O) groups is 1. The summed E-state index contributed by atoms with van der Waals surface area (Å²) in [5, 5.41) is 0. The minimum absolute atomic E-state index is 0.253. The second-order valence-electron chi connectivity index (χ2n) is 7.49. The van der Waals surface area contributed by atoms with Crippen LogP contribution in [0.1, 0.15) is 49.7 Å². The highest BCUT2D eigenvalue weighted by molar-refractivity contribution is 5.77. The number of ether oxygens (including phenoxy) is 2. The molecule has 1 aliphatic heterocycles. The average Bonchev–Trinajstić information content (AvgIpc) is 3.19. The van der Waals surface area contributed by atoms with Crippen LogP contribution < -0.4 is 9.47 Å². The number of aryl methyl sites for hydroxylation is 1. The zero-order valence-electron chi connectivity index (χ0n) is 15.7. The first-order valence-corrected chi connectivity index (χ1v) is 10.0. The van der Waals surface area contributed by atoms with Gasteiger partial charge in [0, 0.05) is 19.0 Å². The summed E-state index contributed by atoms with van der Waals surface area (Å²) in [6.45, 7) is 0.996. The predicted octanol–water partition coefficient (Wildman–Crippen LogP) is 4.71. The predicted molar refractivity (Wildman–Crippen MR) is 105 cm³/mol. The highest BCUT2D eigenvalue weighted by atomic mass is 16.7. The molecule has 0 N–H and O–H groups in total. The van der Waals surface area contributed by atoms with E-state index < -0.39 is 0 Å². The van der Waals surface area contributed by atoms with Gasteiger partial charge in [0.1, 0.15) is 0 Å². The Morgan fingerprint density at radius 1 is 0.926 bits per heavy atom. The van der Waals surface area contributed by atoms with E-state index in [4.69, 9.17) is 9.47 Å². The zero-order chi connectivity index (χ0) is 18.5. The number of rotatable bonds is 6. The molecule has 1 aliphatic carbocycles. The first-order chi connectivity index (χ1) is 13.3. The average molecular weight is 365 g/mol. The maximum absolute atomic E-state index is 13.1. The molecule has 0 bridgehead atoms. The standard InChI is InChI=1S/C23H27NO3/c25-23(14-12-18-11-13-21-22(15-18)27-17-26-21)24(20-9-5-2-6-10-20)16-19-7-3-1-4-8-19/h1,3-4,7-8,11,13,15,20H,2,5-6,9-10,12,14,16-17H2. The molecule has 142 valence electrons. The Morgan fingerprint density at radius 3 is 2.52 bits per heavy atom. The van der Waals surface area contributed by atoms with Gasteiger partial charge in [-0.05, 0) is 42.5 Å². The molecule has 1 fully saturated rings. The lowest BCUT2D eigenvalue weighted by Gasteiger charge is -2.34. The molecule has 1 amide bonds. The highest BCUT2D eigenvalue weighted by Gasteiger charge is 2.25. The van der Waals surface area contributed by atoms with E-state index in [1.54, 1.807) is 0 Å². The SMILES string of the molecule is O=C(CCc1ccc2c(c1)OCO2)N(Cc1ccccc1)C1CCCCC1. The van der Waals surface area contributed by atoms with E-state index in [0.29, 0.717) is 19.0 Å². The number of benzene rings is 2. The first kappa shape index (κ1) is 17.9. The monoisotopic (exact) mass is 365 g/mol. The summed E-state index contributed by atoms with van der Waals surface area (Å²) in [6.07, 6.45) is 7.26. The van der Waals surface area contributed by atoms with Crippen LogP contribution in [0, 0.1) is 0 Å². The molecule has 0 saturated heterocycles. The van der Waals surface area contributed by atoms with Gasteiger partial charge in [-0.2, -0.15) is 0 Å². The van der Waals surface area contributed by atoms with Crippen molar-refractivity contribution in [1.82, 2.24) is 4.90 Å². The summed E-state index contributed by atoms with van der Waals surface area (Å²) in [4.78, 5) is 15.3. The van der Waals surface area contributed by atoms with Gasteiger partial charge in [-0.3, -0.25) is 4.79 Å². The van der Waals surface area contributed by atoms with E-state index in [0.717, 1.165) is 36.3 Å². The molecule has 0 spiro atoms. The van der Waals surface area contributed by atoms with Gasteiger partial charge in [-0.1, -0.05) is 55.7 Å². The van der Waals surface area contributed by atoms with Crippen LogP contribution in [0.3, 0.4) is 0 Å². The van der Waals surface area contributed by atoms with Crippen LogP contribution in [-0.4, -0.2) is 23.6 Å². The molecule has 0 radical (unpaired) electrons. The van der Waals surface area contributed by atoms with Crippen LogP contribution in [0.2, 0.25) is 0 Å². The summed E-state index contributed by atoms with van der Waals surface area (Å²) >= 11 is 0. The molecule has 2 aromatic rings. The van der Waals surface area contributed by atoms with Crippen molar-refractivity contribution in [1.29, 1.82) is 0 Å². The summed E-state index contributed by atoms with van der Waals surface area (Å²) in [6, 6.07) is 16.7. The third kappa shape index (κ3) is 4.44. The molecule has 0 atom stereocenters. The minimum atomic E-state index is 0.253. The van der Waals surface area contributed by atoms with Gasteiger partial charge in [-0.15, -0.1) is 0 Å². The van der Waals surface area contributed by atoms with Crippen LogP contribution in [0.25, 0.3) is 0 Å². The van der Waals surface area contributed by atoms with E-state index in [9.17, 15) is 4.79 Å². The van der Waals surface area contributed by atoms with Crippen molar-refractivity contribution in [3.05, 3.63) is 59.7 Å². The lowest BCUT2D eigenvalue weighted by Crippen LogP contribution is -2.41. The Morgan fingerprint density at radius 2 is 1.70 bits per heavy atom. The lowest BCUT2D eigenvalue weighted by atomic mass is 9.93. The Kier molecular flexibility index (Phi) is 5.61. The van der Waals surface area contributed by atoms with Gasteiger partial charge < -0.3 is 14.4 Å². The van der Waals surface area contributed by atoms with Gasteiger partial charge in [0.25, 0.3) is 0 Å². The fourth-order valence-electron chi connectivity index (χ4n) is 4.09. The molecule has 0 aromatic heterocycles. The largest absolute Gasteiger partial charge is 0.454 e. The maximum Gasteiger partial charge on any atom is 0.231 e. The zero-order valence-corrected chi connectivity index (χ0v) is 15.7. The molecule has 1 saturated carbocycles. The second-order valence-corrected chi connectivity index (χ2v) is 7.49. The van der Waals surface area contributed by atoms with E-state index in [1.165, 1.54) is 24.8 Å². The molecule has 4 rings (SSSR count). The van der Waals surface area contributed by atoms with E-state index in [-0.39, 0.29) is 12.7 Å². The Hall–Kier alpha value is -2.49. The van der Waals surface area contributed by atoms with Gasteiger partial charge in [0.05, 0.1) is 0 Å². The van der Waals surface area contributed by atoms with Crippen molar-refractivity contribution in [2.24, 2.45) is 0 Å². The third-order valence-corrected chi connectivity index (χ3v) is 5.60. The number of fused-ring (bicyclic) bond motifs is 1. The molecule has 4 heteroatoms. The van der Waals surface area contributed by atoms with Crippen LogP contribution in [0.15, 0.2) is 48.5 Å². The van der Waals surface area contributed by atoms with Crippen molar-refractivity contribution in [2.75, 3.05) is 6.79 Å². The quantitative estimate of drug-likeness (QED) is 0.744. The summed E-state index contributed by atoms with van der Waals surface area (Å²) in [5.41, 5.74) is 2.33. The molecule has 4 nitrogen and oxygen atoms in total. The van der Waals surface area contributed by atoms with Crippen molar-refractivity contribution < 1.29 is 14.3 Å². The van der Waals surface area contributed by atoms with Gasteiger partial charge in [0.15, 0.2) is 11.5 Å². The van der Waals surface area contributed by atoms with Gasteiger partial charge in [-0.25, -0.2) is 0 Å². The molecule has 27 heavy (non-hydrogen) atoms. The fourth-order valence-corrected chi connectivity index (χ4v) is 4.09. The first-order valence-electron chi connectivity index (χ1n) is 10.0. The van der Waals surface area contributed by atoms with Crippen LogP contribution in [0.5, 0.6) is 11.5 Å². The third-order valence-electron chi connectivity index (χ3n) is 5.60. The smallest absolute Gasteiger partial charge is 0.231 e. The fraction of sp³-hybridized carbons (Fsp3) is 0.435. The van der Waals surface area contributed by atoms with Crippen molar-refractivity contribution >= 4 is 5.91 Å². The van der Waals surface area contributed by atoms with Crippen molar-refractivity contribution in [3.63, 3.8) is 0 Å². The van der Waals surface area contributed by atoms with Crippen molar-refractivity contribution in [3.8, 4) is 11.5 Å². The van der Waals surface area contributed by atoms with E-state index in [1.807, 2.05) is 36.4 Å². The number of hydrogen-bond acceptors (Lipinski definition) is 3. The van der Waals surface area contributed by atoms with Gasteiger partial charge in [0.2, 0.25) is 12.7 Å². The molecule has 0 unspecified atom stereocenters. The molecular formula is C23H27NO3. The van der Waals surface area contributed by atoms with Crippen molar-refractivity contribution in [2.45, 2.75) is 57.5 Å². The van der Waals surface area contributed by atoms with Crippen LogP contribution in [-0.2, 0) is 17.8 Å². The van der Waals surface area contributed by atoms with Gasteiger partial charge >= 0.3 is 0 Å².